The van der Waals surface area contributed by atoms with Crippen LogP contribution in [0.4, 0.5) is 10.5 Å². The second-order valence-electron chi connectivity index (χ2n) is 9.11. The Kier molecular flexibility index (Phi) is 7.22. The molecule has 2 heterocycles. The number of nitrogens with one attached hydrogen (secondary N) is 2. The zero-order valence-corrected chi connectivity index (χ0v) is 20.5. The van der Waals surface area contributed by atoms with Crippen molar-refractivity contribution < 1.29 is 14.3 Å². The molecule has 2 aliphatic heterocycles. The minimum absolute atomic E-state index is 0.276. The summed E-state index contributed by atoms with van der Waals surface area (Å²) < 4.78 is 5.40. The van der Waals surface area contributed by atoms with Crippen LogP contribution < -0.4 is 15.5 Å². The van der Waals surface area contributed by atoms with Crippen molar-refractivity contribution in [3.63, 3.8) is 0 Å². The average Bonchev–Trinajstić information content (AvgIpc) is 2.81. The van der Waals surface area contributed by atoms with Crippen molar-refractivity contribution in [1.82, 2.24) is 15.5 Å². The van der Waals surface area contributed by atoms with E-state index in [2.05, 4.69) is 52.5 Å². The van der Waals surface area contributed by atoms with Crippen LogP contribution in [0, 0.1) is 20.8 Å². The lowest BCUT2D eigenvalue weighted by Crippen LogP contribution is -2.52. The third-order valence-corrected chi connectivity index (χ3v) is 6.52. The molecule has 2 amide bonds. The molecule has 7 nitrogen and oxygen atoms in total. The first-order valence-electron chi connectivity index (χ1n) is 11.9. The number of carbonyl (C=O) groups is 2. The number of hydrogen-bond acceptors (Lipinski definition) is 5. The second-order valence-corrected chi connectivity index (χ2v) is 9.11. The van der Waals surface area contributed by atoms with Gasteiger partial charge in [-0.25, -0.2) is 9.59 Å². The van der Waals surface area contributed by atoms with Gasteiger partial charge in [-0.3, -0.25) is 4.90 Å². The Labute approximate surface area is 201 Å². The van der Waals surface area contributed by atoms with Gasteiger partial charge in [-0.15, -0.1) is 0 Å². The highest BCUT2D eigenvalue weighted by Crippen LogP contribution is 2.29. The van der Waals surface area contributed by atoms with E-state index in [9.17, 15) is 9.59 Å². The van der Waals surface area contributed by atoms with Crippen LogP contribution in [0.1, 0.15) is 35.2 Å². The second kappa shape index (κ2) is 10.3. The van der Waals surface area contributed by atoms with Crippen LogP contribution in [0.5, 0.6) is 0 Å². The summed E-state index contributed by atoms with van der Waals surface area (Å²) in [6.07, 6.45) is 0. The normalized spacial score (nSPS) is 19.0. The summed E-state index contributed by atoms with van der Waals surface area (Å²) >= 11 is 0. The van der Waals surface area contributed by atoms with Crippen LogP contribution in [0.25, 0.3) is 0 Å². The molecule has 0 spiro atoms. The first kappa shape index (κ1) is 23.8. The maximum Gasteiger partial charge on any atom is 0.338 e. The fourth-order valence-electron chi connectivity index (χ4n) is 4.63. The highest BCUT2D eigenvalue weighted by Gasteiger charge is 2.34. The number of rotatable bonds is 6. The summed E-state index contributed by atoms with van der Waals surface area (Å²) in [4.78, 5) is 30.3. The number of piperazine rings is 1. The molecule has 0 bridgehead atoms. The molecule has 34 heavy (non-hydrogen) atoms. The minimum atomic E-state index is -0.542. The Balaban J connectivity index is 1.56. The minimum Gasteiger partial charge on any atom is -0.463 e. The molecule has 0 radical (unpaired) electrons. The van der Waals surface area contributed by atoms with Gasteiger partial charge in [0, 0.05) is 44.1 Å². The smallest absolute Gasteiger partial charge is 0.338 e. The Morgan fingerprint density at radius 1 is 1.00 bits per heavy atom. The van der Waals surface area contributed by atoms with Gasteiger partial charge in [-0.05, 0) is 50.5 Å². The van der Waals surface area contributed by atoms with E-state index < -0.39 is 12.0 Å². The summed E-state index contributed by atoms with van der Waals surface area (Å²) in [7, 11) is 0. The highest BCUT2D eigenvalue weighted by atomic mass is 16.5. The quantitative estimate of drug-likeness (QED) is 0.642. The van der Waals surface area contributed by atoms with E-state index in [0.717, 1.165) is 37.3 Å². The molecular formula is C27H34N4O3. The molecule has 0 saturated carbocycles. The molecular weight excluding hydrogens is 428 g/mol. The molecule has 180 valence electrons. The van der Waals surface area contributed by atoms with E-state index in [4.69, 9.17) is 4.74 Å². The number of benzene rings is 2. The zero-order valence-electron chi connectivity index (χ0n) is 20.5. The molecule has 4 rings (SSSR count). The molecule has 1 fully saturated rings. The summed E-state index contributed by atoms with van der Waals surface area (Å²) in [5.41, 5.74) is 6.88. The van der Waals surface area contributed by atoms with E-state index in [1.165, 1.54) is 16.8 Å². The van der Waals surface area contributed by atoms with Crippen LogP contribution in [-0.2, 0) is 9.53 Å². The van der Waals surface area contributed by atoms with Gasteiger partial charge in [-0.1, -0.05) is 42.0 Å². The maximum atomic E-state index is 13.0. The van der Waals surface area contributed by atoms with Crippen molar-refractivity contribution >= 4 is 17.7 Å². The third kappa shape index (κ3) is 5.25. The van der Waals surface area contributed by atoms with E-state index >= 15 is 0 Å². The van der Waals surface area contributed by atoms with Crippen LogP contribution in [0.15, 0.2) is 53.7 Å². The van der Waals surface area contributed by atoms with Gasteiger partial charge in [0.05, 0.1) is 18.2 Å². The van der Waals surface area contributed by atoms with E-state index in [1.54, 1.807) is 6.92 Å². The highest BCUT2D eigenvalue weighted by molar-refractivity contribution is 5.95. The van der Waals surface area contributed by atoms with Gasteiger partial charge >= 0.3 is 12.0 Å². The number of nitrogens with zero attached hydrogens (tertiary/aromatic N) is 2. The van der Waals surface area contributed by atoms with Gasteiger partial charge in [0.1, 0.15) is 0 Å². The number of anilines is 1. The SMILES string of the molecule is CCOC(=O)C1=C(CN2CCN(c3cc(C)ccc3C)CC2)NC(=O)N[C@H]1c1ccc(C)cc1. The van der Waals surface area contributed by atoms with E-state index in [-0.39, 0.29) is 12.6 Å². The molecule has 2 aromatic rings. The number of esters is 1. The largest absolute Gasteiger partial charge is 0.463 e. The lowest BCUT2D eigenvalue weighted by atomic mass is 9.94. The molecule has 2 aromatic carbocycles. The monoisotopic (exact) mass is 462 g/mol. The van der Waals surface area contributed by atoms with Gasteiger partial charge in [0.2, 0.25) is 0 Å². The van der Waals surface area contributed by atoms with Crippen molar-refractivity contribution in [3.8, 4) is 0 Å². The Hall–Kier alpha value is -3.32. The number of aryl methyl sites for hydroxylation is 3. The van der Waals surface area contributed by atoms with Crippen molar-refractivity contribution in [1.29, 1.82) is 0 Å². The van der Waals surface area contributed by atoms with Crippen molar-refractivity contribution in [2.75, 3.05) is 44.2 Å². The molecule has 2 aliphatic rings. The number of urea groups is 1. The van der Waals surface area contributed by atoms with Crippen LogP contribution >= 0.6 is 0 Å². The third-order valence-electron chi connectivity index (χ3n) is 6.52. The summed E-state index contributed by atoms with van der Waals surface area (Å²) in [5.74, 6) is -0.399. The van der Waals surface area contributed by atoms with Gasteiger partial charge in [0.15, 0.2) is 0 Å². The maximum absolute atomic E-state index is 13.0. The van der Waals surface area contributed by atoms with Gasteiger partial charge in [-0.2, -0.15) is 0 Å². The first-order valence-corrected chi connectivity index (χ1v) is 11.9. The molecule has 0 aliphatic carbocycles. The zero-order chi connectivity index (χ0) is 24.2. The Morgan fingerprint density at radius 3 is 2.35 bits per heavy atom. The summed E-state index contributed by atoms with van der Waals surface area (Å²) in [5, 5.41) is 5.81. The van der Waals surface area contributed by atoms with E-state index in [0.29, 0.717) is 17.8 Å². The van der Waals surface area contributed by atoms with Crippen molar-refractivity contribution in [3.05, 3.63) is 76.0 Å². The summed E-state index contributed by atoms with van der Waals surface area (Å²) in [6.45, 7) is 12.3. The first-order chi connectivity index (χ1) is 16.4. The molecule has 1 atom stereocenters. The van der Waals surface area contributed by atoms with Crippen molar-refractivity contribution in [2.45, 2.75) is 33.7 Å². The van der Waals surface area contributed by atoms with Crippen LogP contribution in [0.3, 0.4) is 0 Å². The van der Waals surface area contributed by atoms with Gasteiger partial charge < -0.3 is 20.3 Å². The number of carbonyl (C=O) groups excluding carboxylic acids is 2. The number of amides is 2. The topological polar surface area (TPSA) is 73.9 Å². The molecule has 0 aromatic heterocycles. The number of ether oxygens (including phenoxy) is 1. The molecule has 1 saturated heterocycles. The Morgan fingerprint density at radius 2 is 1.68 bits per heavy atom. The lowest BCUT2D eigenvalue weighted by molar-refractivity contribution is -0.139. The average molecular weight is 463 g/mol. The van der Waals surface area contributed by atoms with Gasteiger partial charge in [0.25, 0.3) is 0 Å². The molecule has 7 heteroatoms. The predicted molar refractivity (Wildman–Crippen MR) is 134 cm³/mol. The lowest BCUT2D eigenvalue weighted by Gasteiger charge is -2.38. The molecule has 2 N–H and O–H groups in total. The fourth-order valence-corrected chi connectivity index (χ4v) is 4.63. The Bertz CT molecular complexity index is 1090. The standard InChI is InChI=1S/C27H34N4O3/c1-5-34-26(32)24-22(28-27(33)29-25(24)21-10-7-18(2)8-11-21)17-30-12-14-31(15-13-30)23-16-19(3)6-9-20(23)4/h6-11,16,25H,5,12-15,17H2,1-4H3,(H2,28,29,33)/t25-/m0/s1. The fraction of sp³-hybridized carbons (Fsp3) is 0.407. The van der Waals surface area contributed by atoms with Crippen LogP contribution in [0.2, 0.25) is 0 Å². The van der Waals surface area contributed by atoms with Crippen LogP contribution in [-0.4, -0.2) is 56.2 Å². The number of hydrogen-bond donors (Lipinski definition) is 2. The molecule has 0 unspecified atom stereocenters. The van der Waals surface area contributed by atoms with E-state index in [1.807, 2.05) is 31.2 Å². The predicted octanol–water partition coefficient (Wildman–Crippen LogP) is 3.61. The van der Waals surface area contributed by atoms with Crippen molar-refractivity contribution in [2.24, 2.45) is 0 Å². The summed E-state index contributed by atoms with van der Waals surface area (Å²) in [6, 6.07) is 13.6.